The number of anilines is 1. The Morgan fingerprint density at radius 2 is 1.91 bits per heavy atom. The van der Waals surface area contributed by atoms with Crippen molar-refractivity contribution in [3.63, 3.8) is 0 Å². The second-order valence-corrected chi connectivity index (χ2v) is 9.68. The van der Waals surface area contributed by atoms with Gasteiger partial charge in [0, 0.05) is 25.7 Å². The molecule has 2 aliphatic rings. The van der Waals surface area contributed by atoms with Crippen molar-refractivity contribution in [1.29, 1.82) is 0 Å². The molecule has 1 aromatic rings. The number of nitrogens with zero attached hydrogens (tertiary/aromatic N) is 2. The van der Waals surface area contributed by atoms with Crippen LogP contribution in [0.15, 0.2) is 24.3 Å². The summed E-state index contributed by atoms with van der Waals surface area (Å²) in [6.07, 6.45) is -1.04. The fourth-order valence-electron chi connectivity index (χ4n) is 4.44. The summed E-state index contributed by atoms with van der Waals surface area (Å²) in [5.41, 5.74) is 4.97. The van der Waals surface area contributed by atoms with Gasteiger partial charge >= 0.3 is 6.09 Å². The summed E-state index contributed by atoms with van der Waals surface area (Å²) < 4.78 is 5.36. The molecule has 33 heavy (non-hydrogen) atoms. The van der Waals surface area contributed by atoms with E-state index in [2.05, 4.69) is 5.32 Å². The number of nitrogens with two attached hydrogens (primary N) is 1. The van der Waals surface area contributed by atoms with Gasteiger partial charge in [0.25, 0.3) is 0 Å². The number of benzene rings is 1. The topological polar surface area (TPSA) is 139 Å². The highest BCUT2D eigenvalue weighted by molar-refractivity contribution is 6.08. The number of carbonyl (C=O) groups excluding carboxylic acids is 5. The minimum atomic E-state index is -1.21. The number of primary amides is 1. The van der Waals surface area contributed by atoms with Crippen molar-refractivity contribution in [1.82, 2.24) is 9.80 Å². The lowest BCUT2D eigenvalue weighted by molar-refractivity contribution is -0.142. The maximum Gasteiger partial charge on any atom is 0.410 e. The Bertz CT molecular complexity index is 1020. The van der Waals surface area contributed by atoms with E-state index in [-0.39, 0.29) is 31.1 Å². The van der Waals surface area contributed by atoms with Crippen molar-refractivity contribution >= 4 is 35.3 Å². The smallest absolute Gasteiger partial charge is 0.410 e. The molecule has 0 unspecified atom stereocenters. The number of ether oxygens (including phenoxy) is 1. The van der Waals surface area contributed by atoms with Crippen LogP contribution < -0.4 is 11.1 Å². The van der Waals surface area contributed by atoms with Crippen LogP contribution in [0.5, 0.6) is 0 Å². The van der Waals surface area contributed by atoms with Gasteiger partial charge in [0.05, 0.1) is 5.41 Å². The summed E-state index contributed by atoms with van der Waals surface area (Å²) in [5.74, 6) is -2.05. The van der Waals surface area contributed by atoms with Gasteiger partial charge in [-0.25, -0.2) is 4.79 Å². The lowest BCUT2D eigenvalue weighted by Gasteiger charge is -2.33. The first kappa shape index (κ1) is 24.2. The number of amides is 4. The third-order valence-electron chi connectivity index (χ3n) is 6.01. The highest BCUT2D eigenvalue weighted by Crippen LogP contribution is 2.46. The van der Waals surface area contributed by atoms with Gasteiger partial charge in [-0.2, -0.15) is 0 Å². The van der Waals surface area contributed by atoms with Gasteiger partial charge in [0.15, 0.2) is 0 Å². The number of ketones is 1. The Labute approximate surface area is 192 Å². The van der Waals surface area contributed by atoms with E-state index >= 15 is 0 Å². The standard InChI is InChI=1S/C23H30N4O6/c1-13(28)10-16(26(5)21(32)33-22(2,3)4)19(30)27-12-23(11-17(27)18(24)29)14-8-6-7-9-15(14)25-20(23)31/h6-9,16-17H,10-12H2,1-5H3,(H2,24,29)(H,25,31)/t16-,17-,23-/m0/s1. The number of nitrogens with one attached hydrogen (secondary N) is 1. The molecule has 1 spiro atoms. The first-order valence-corrected chi connectivity index (χ1v) is 10.7. The zero-order chi connectivity index (χ0) is 24.7. The van der Waals surface area contributed by atoms with E-state index in [1.807, 2.05) is 0 Å². The van der Waals surface area contributed by atoms with Gasteiger partial charge in [-0.15, -0.1) is 0 Å². The Hall–Kier alpha value is -3.43. The lowest BCUT2D eigenvalue weighted by atomic mass is 9.79. The molecule has 10 nitrogen and oxygen atoms in total. The molecule has 4 amide bonds. The summed E-state index contributed by atoms with van der Waals surface area (Å²) in [4.78, 5) is 65.9. The molecular weight excluding hydrogens is 428 g/mol. The van der Waals surface area contributed by atoms with Crippen molar-refractivity contribution in [3.05, 3.63) is 29.8 Å². The number of hydrogen-bond donors (Lipinski definition) is 2. The molecule has 0 aromatic heterocycles. The van der Waals surface area contributed by atoms with Crippen LogP contribution in [-0.4, -0.2) is 70.7 Å². The van der Waals surface area contributed by atoms with E-state index in [0.29, 0.717) is 11.3 Å². The molecule has 1 fully saturated rings. The van der Waals surface area contributed by atoms with Crippen LogP contribution in [0.3, 0.4) is 0 Å². The van der Waals surface area contributed by atoms with E-state index in [9.17, 15) is 24.0 Å². The molecule has 0 saturated carbocycles. The van der Waals surface area contributed by atoms with Crippen molar-refractivity contribution in [2.24, 2.45) is 5.73 Å². The quantitative estimate of drug-likeness (QED) is 0.679. The number of carbonyl (C=O) groups is 5. The highest BCUT2D eigenvalue weighted by Gasteiger charge is 2.58. The minimum absolute atomic E-state index is 0.0138. The highest BCUT2D eigenvalue weighted by atomic mass is 16.6. The SMILES string of the molecule is CC(=O)C[C@@H](C(=O)N1C[C@]2(C[C@H]1C(N)=O)C(=O)Nc1ccccc12)N(C)C(=O)OC(C)(C)C. The van der Waals surface area contributed by atoms with E-state index in [1.165, 1.54) is 18.9 Å². The van der Waals surface area contributed by atoms with Gasteiger partial charge in [-0.05, 0) is 45.7 Å². The van der Waals surface area contributed by atoms with Crippen LogP contribution in [-0.2, 0) is 29.3 Å². The molecule has 1 aromatic carbocycles. The molecule has 3 atom stereocenters. The summed E-state index contributed by atoms with van der Waals surface area (Å²) in [6.45, 7) is 6.26. The summed E-state index contributed by atoms with van der Waals surface area (Å²) in [5, 5.41) is 2.81. The van der Waals surface area contributed by atoms with Gasteiger partial charge in [-0.3, -0.25) is 24.1 Å². The molecule has 10 heteroatoms. The number of para-hydroxylation sites is 1. The van der Waals surface area contributed by atoms with Gasteiger partial charge in [0.1, 0.15) is 23.5 Å². The Balaban J connectivity index is 1.96. The summed E-state index contributed by atoms with van der Waals surface area (Å²) in [7, 11) is 1.36. The van der Waals surface area contributed by atoms with Crippen LogP contribution in [0.25, 0.3) is 0 Å². The monoisotopic (exact) mass is 458 g/mol. The molecule has 2 heterocycles. The van der Waals surface area contributed by atoms with Gasteiger partial charge in [-0.1, -0.05) is 18.2 Å². The normalized spacial score (nSPS) is 22.5. The first-order chi connectivity index (χ1) is 15.3. The fraction of sp³-hybridized carbons (Fsp3) is 0.522. The fourth-order valence-corrected chi connectivity index (χ4v) is 4.44. The molecule has 2 aliphatic heterocycles. The maximum absolute atomic E-state index is 13.7. The van der Waals surface area contributed by atoms with Crippen LogP contribution in [0, 0.1) is 0 Å². The van der Waals surface area contributed by atoms with Gasteiger partial charge < -0.3 is 20.7 Å². The molecule has 0 radical (unpaired) electrons. The van der Waals surface area contributed by atoms with Crippen LogP contribution >= 0.6 is 0 Å². The summed E-state index contributed by atoms with van der Waals surface area (Å²) >= 11 is 0. The molecule has 1 saturated heterocycles. The summed E-state index contributed by atoms with van der Waals surface area (Å²) in [6, 6.07) is 4.80. The minimum Gasteiger partial charge on any atom is -0.444 e. The largest absolute Gasteiger partial charge is 0.444 e. The van der Waals surface area contributed by atoms with E-state index < -0.39 is 41.0 Å². The van der Waals surface area contributed by atoms with Crippen molar-refractivity contribution < 1.29 is 28.7 Å². The number of likely N-dealkylation sites (tertiary alicyclic amines) is 1. The second kappa shape index (κ2) is 8.49. The molecule has 3 rings (SSSR count). The zero-order valence-corrected chi connectivity index (χ0v) is 19.5. The van der Waals surface area contributed by atoms with Crippen LogP contribution in [0.2, 0.25) is 0 Å². The number of Topliss-reactive ketones (excluding diaryl/α,β-unsaturated/α-hetero) is 1. The number of rotatable bonds is 5. The van der Waals surface area contributed by atoms with Crippen molar-refractivity contribution in [2.75, 3.05) is 18.9 Å². The number of fused-ring (bicyclic) bond motifs is 2. The van der Waals surface area contributed by atoms with Crippen LogP contribution in [0.4, 0.5) is 10.5 Å². The lowest BCUT2D eigenvalue weighted by Crippen LogP contribution is -2.54. The molecular formula is C23H30N4O6. The maximum atomic E-state index is 13.7. The van der Waals surface area contributed by atoms with Gasteiger partial charge in [0.2, 0.25) is 17.7 Å². The molecule has 178 valence electrons. The first-order valence-electron chi connectivity index (χ1n) is 10.7. The second-order valence-electron chi connectivity index (χ2n) is 9.68. The number of likely N-dealkylation sites (N-methyl/N-ethyl adjacent to an activating group) is 1. The average Bonchev–Trinajstić information content (AvgIpc) is 3.23. The predicted octanol–water partition coefficient (Wildman–Crippen LogP) is 1.18. The van der Waals surface area contributed by atoms with Crippen molar-refractivity contribution in [3.8, 4) is 0 Å². The Kier molecular flexibility index (Phi) is 6.23. The zero-order valence-electron chi connectivity index (χ0n) is 19.5. The third kappa shape index (κ3) is 4.55. The Morgan fingerprint density at radius 3 is 2.48 bits per heavy atom. The third-order valence-corrected chi connectivity index (χ3v) is 6.01. The van der Waals surface area contributed by atoms with E-state index in [0.717, 1.165) is 4.90 Å². The average molecular weight is 459 g/mol. The molecule has 0 aliphatic carbocycles. The van der Waals surface area contributed by atoms with E-state index in [4.69, 9.17) is 10.5 Å². The Morgan fingerprint density at radius 1 is 1.27 bits per heavy atom. The van der Waals surface area contributed by atoms with Crippen molar-refractivity contribution in [2.45, 2.75) is 63.6 Å². The molecule has 3 N–H and O–H groups in total. The number of hydrogen-bond acceptors (Lipinski definition) is 6. The predicted molar refractivity (Wildman–Crippen MR) is 119 cm³/mol. The van der Waals surface area contributed by atoms with Crippen LogP contribution in [0.1, 0.15) is 46.1 Å². The van der Waals surface area contributed by atoms with E-state index in [1.54, 1.807) is 45.0 Å². The molecule has 0 bridgehead atoms.